The highest BCUT2D eigenvalue weighted by Gasteiger charge is 3.09. The van der Waals surface area contributed by atoms with Crippen molar-refractivity contribution in [2.24, 2.45) is 40.9 Å². The summed E-state index contributed by atoms with van der Waals surface area (Å²) in [5.41, 5.74) is 2.39. The zero-order valence-electron chi connectivity index (χ0n) is 18.8. The molecule has 6 fully saturated rings. The van der Waals surface area contributed by atoms with E-state index in [2.05, 4.69) is 25.7 Å². The van der Waals surface area contributed by atoms with Crippen LogP contribution < -0.4 is 16.4 Å². The van der Waals surface area contributed by atoms with Crippen LogP contribution in [0, 0.1) is 40.9 Å². The van der Waals surface area contributed by atoms with E-state index in [1.54, 1.807) is 30.5 Å². The number of fused-ring (bicyclic) bond motifs is 2. The van der Waals surface area contributed by atoms with E-state index in [0.717, 1.165) is 5.56 Å². The number of amides is 2. The molecule has 11 heteroatoms. The van der Waals surface area contributed by atoms with Gasteiger partial charge in [-0.25, -0.2) is 14.3 Å². The number of nitrogens with one attached hydrogen (secondary N) is 3. The maximum atomic E-state index is 13.2. The number of hydrogen-bond acceptors (Lipinski definition) is 7. The molecular weight excluding hydrogens is 464 g/mol. The molecule has 0 bridgehead atoms. The maximum absolute atomic E-state index is 13.2. The zero-order chi connectivity index (χ0) is 24.1. The number of oxazole rings is 1. The Kier molecular flexibility index (Phi) is 3.04. The molecule has 0 saturated heterocycles. The summed E-state index contributed by atoms with van der Waals surface area (Å²) < 4.78 is 6.45. The predicted molar refractivity (Wildman–Crippen MR) is 122 cm³/mol. The van der Waals surface area contributed by atoms with Crippen molar-refractivity contribution in [1.29, 1.82) is 0 Å². The van der Waals surface area contributed by atoms with Gasteiger partial charge in [0.25, 0.3) is 11.8 Å². The van der Waals surface area contributed by atoms with Crippen LogP contribution in [0.3, 0.4) is 0 Å². The van der Waals surface area contributed by atoms with Gasteiger partial charge in [-0.2, -0.15) is 5.10 Å². The third-order valence-corrected chi connectivity index (χ3v) is 10.1. The van der Waals surface area contributed by atoms with Crippen molar-refractivity contribution in [2.45, 2.75) is 12.1 Å². The van der Waals surface area contributed by atoms with Gasteiger partial charge in [0.15, 0.2) is 11.2 Å². The summed E-state index contributed by atoms with van der Waals surface area (Å²) in [5, 5.41) is 20.7. The fraction of sp³-hybridized carbons (Fsp3) is 0.400. The molecule has 0 radical (unpaired) electrons. The number of carbonyl (C=O) groups is 2. The second kappa shape index (κ2) is 5.70. The normalized spacial score (nSPS) is 37.2. The van der Waals surface area contributed by atoms with E-state index in [1.807, 2.05) is 0 Å². The molecule has 4 aromatic rings. The second-order valence-electron chi connectivity index (χ2n) is 11.0. The van der Waals surface area contributed by atoms with Gasteiger partial charge in [-0.1, -0.05) is 6.07 Å². The minimum Gasteiger partial charge on any atom is -0.408 e. The molecule has 11 nitrogen and oxygen atoms in total. The third kappa shape index (κ3) is 1.81. The number of hydrogen-bond donors (Lipinski definition) is 4. The summed E-state index contributed by atoms with van der Waals surface area (Å²) in [4.78, 5) is 44.5. The van der Waals surface area contributed by atoms with E-state index in [-0.39, 0.29) is 34.9 Å². The van der Waals surface area contributed by atoms with E-state index in [1.165, 1.54) is 10.6 Å². The summed E-state index contributed by atoms with van der Waals surface area (Å²) in [6, 6.07) is 8.26. The van der Waals surface area contributed by atoms with Crippen molar-refractivity contribution in [3.63, 3.8) is 0 Å². The van der Waals surface area contributed by atoms with Gasteiger partial charge < -0.3 is 20.2 Å². The molecule has 6 saturated carbocycles. The Morgan fingerprint density at radius 3 is 2.61 bits per heavy atom. The van der Waals surface area contributed by atoms with Crippen molar-refractivity contribution in [1.82, 2.24) is 30.2 Å². The SMILES string of the molecule is O=C(NCc1ccc2oc(=O)[nH]c2c1)c1cc(C(=O)NCC23C4C5C2C2C3C4C52O)n2nccc2n1. The summed E-state index contributed by atoms with van der Waals surface area (Å²) in [7, 11) is 0. The van der Waals surface area contributed by atoms with Gasteiger partial charge in [0.05, 0.1) is 17.3 Å². The minimum atomic E-state index is -0.535. The van der Waals surface area contributed by atoms with Gasteiger partial charge in [0, 0.05) is 25.2 Å². The smallest absolute Gasteiger partial charge is 0.408 e. The lowest BCUT2D eigenvalue weighted by molar-refractivity contribution is -0.659. The molecule has 1 aromatic carbocycles. The molecule has 6 aliphatic rings. The summed E-state index contributed by atoms with van der Waals surface area (Å²) in [6.07, 6.45) is 1.54. The number of aliphatic hydroxyl groups is 1. The van der Waals surface area contributed by atoms with Gasteiger partial charge >= 0.3 is 5.76 Å². The molecule has 10 rings (SSSR count). The molecule has 0 atom stereocenters. The number of benzene rings is 1. The maximum Gasteiger partial charge on any atom is 0.417 e. The average Bonchev–Trinajstić information content (AvgIpc) is 3.51. The standard InChI is InChI=1S/C25H20N6O5/c32-21(26-7-9-1-2-13-10(5-9)30-23(34)36-13)11-6-12(31-14(29-11)3-4-28-31)22(33)27-8-24-15-18-16(24)20-17(24)19(15)25(18,20)35/h1-6,15-20,35H,7-8H2,(H,26,32)(H,27,33)(H,30,34). The van der Waals surface area contributed by atoms with Crippen molar-refractivity contribution < 1.29 is 19.1 Å². The molecular formula is C25H20N6O5. The van der Waals surface area contributed by atoms with Crippen molar-refractivity contribution in [3.05, 3.63) is 64.0 Å². The van der Waals surface area contributed by atoms with Crippen molar-refractivity contribution >= 4 is 28.6 Å². The van der Waals surface area contributed by atoms with Gasteiger partial charge in [-0.05, 0) is 58.6 Å². The Morgan fingerprint density at radius 2 is 1.83 bits per heavy atom. The van der Waals surface area contributed by atoms with Gasteiger partial charge in [-0.15, -0.1) is 0 Å². The van der Waals surface area contributed by atoms with Crippen LogP contribution in [0.4, 0.5) is 0 Å². The highest BCUT2D eigenvalue weighted by atomic mass is 16.4. The van der Waals surface area contributed by atoms with E-state index in [0.29, 0.717) is 58.8 Å². The third-order valence-electron chi connectivity index (χ3n) is 10.1. The highest BCUT2D eigenvalue weighted by molar-refractivity contribution is 5.98. The minimum absolute atomic E-state index is 0.115. The molecule has 180 valence electrons. The lowest BCUT2D eigenvalue weighted by atomic mass is 8.95. The fourth-order valence-electron chi connectivity index (χ4n) is 8.94. The van der Waals surface area contributed by atoms with E-state index < -0.39 is 11.7 Å². The summed E-state index contributed by atoms with van der Waals surface area (Å²) >= 11 is 0. The number of carbonyl (C=O) groups excluding carboxylic acids is 2. The largest absolute Gasteiger partial charge is 0.417 e. The van der Waals surface area contributed by atoms with Crippen LogP contribution in [-0.2, 0) is 6.54 Å². The highest BCUT2D eigenvalue weighted by Crippen LogP contribution is 3.06. The topological polar surface area (TPSA) is 155 Å². The van der Waals surface area contributed by atoms with Crippen LogP contribution in [0.25, 0.3) is 16.7 Å². The molecule has 36 heavy (non-hydrogen) atoms. The lowest BCUT2D eigenvalue weighted by Gasteiger charge is -3.10. The number of nitrogens with zero attached hydrogens (tertiary/aromatic N) is 3. The van der Waals surface area contributed by atoms with Crippen LogP contribution in [0.2, 0.25) is 0 Å². The first kappa shape index (κ1) is 19.2. The monoisotopic (exact) mass is 484 g/mol. The molecule has 2 amide bonds. The first-order valence-electron chi connectivity index (χ1n) is 12.2. The van der Waals surface area contributed by atoms with E-state index in [4.69, 9.17) is 4.42 Å². The fourth-order valence-corrected chi connectivity index (χ4v) is 8.94. The molecule has 0 spiro atoms. The molecule has 3 heterocycles. The number of aromatic amines is 1. The zero-order valence-corrected chi connectivity index (χ0v) is 18.8. The van der Waals surface area contributed by atoms with E-state index in [9.17, 15) is 19.5 Å². The van der Waals surface area contributed by atoms with Crippen LogP contribution in [0.15, 0.2) is 45.7 Å². The summed E-state index contributed by atoms with van der Waals surface area (Å²) in [6.45, 7) is 0.814. The Hall–Kier alpha value is -3.99. The number of rotatable bonds is 6. The van der Waals surface area contributed by atoms with Crippen molar-refractivity contribution in [2.75, 3.05) is 6.54 Å². The second-order valence-corrected chi connectivity index (χ2v) is 11.0. The van der Waals surface area contributed by atoms with Gasteiger partial charge in [0.1, 0.15) is 11.4 Å². The van der Waals surface area contributed by atoms with Gasteiger partial charge in [0.2, 0.25) is 0 Å². The lowest BCUT2D eigenvalue weighted by Crippen LogP contribution is -3.13. The molecule has 3 aromatic heterocycles. The quantitative estimate of drug-likeness (QED) is 0.307. The van der Waals surface area contributed by atoms with Gasteiger partial charge in [-0.3, -0.25) is 14.6 Å². The van der Waals surface area contributed by atoms with Crippen LogP contribution >= 0.6 is 0 Å². The summed E-state index contributed by atoms with van der Waals surface area (Å²) in [5.74, 6) is 1.88. The molecule has 0 aliphatic heterocycles. The Bertz CT molecular complexity index is 1690. The first-order chi connectivity index (χ1) is 17.4. The Balaban J connectivity index is 0.936. The molecule has 4 N–H and O–H groups in total. The number of aromatic nitrogens is 4. The Morgan fingerprint density at radius 1 is 1.06 bits per heavy atom. The molecule has 6 aliphatic carbocycles. The predicted octanol–water partition coefficient (Wildman–Crippen LogP) is 0.306. The first-order valence-corrected chi connectivity index (χ1v) is 12.2. The number of H-pyrrole nitrogens is 1. The van der Waals surface area contributed by atoms with Crippen molar-refractivity contribution in [3.8, 4) is 0 Å². The average molecular weight is 484 g/mol. The van der Waals surface area contributed by atoms with Crippen LogP contribution in [0.1, 0.15) is 26.5 Å². The van der Waals surface area contributed by atoms with E-state index >= 15 is 0 Å². The molecule has 0 unspecified atom stereocenters. The Labute approximate surface area is 201 Å². The van der Waals surface area contributed by atoms with Crippen LogP contribution in [-0.4, -0.2) is 48.6 Å². The van der Waals surface area contributed by atoms with Crippen LogP contribution in [0.5, 0.6) is 0 Å².